The molecule has 2 atom stereocenters. The van der Waals surface area contributed by atoms with Gasteiger partial charge < -0.3 is 14.1 Å². The number of hydrogen-bond donors (Lipinski definition) is 1. The molecule has 7 heteroatoms. The highest BCUT2D eigenvalue weighted by molar-refractivity contribution is 5.95. The van der Waals surface area contributed by atoms with Gasteiger partial charge in [-0.3, -0.25) is 9.59 Å². The fourth-order valence-corrected chi connectivity index (χ4v) is 2.82. The summed E-state index contributed by atoms with van der Waals surface area (Å²) in [6.07, 6.45) is 5.25. The lowest BCUT2D eigenvalue weighted by Crippen LogP contribution is -2.47. The molecule has 120 valence electrons. The number of nitrogens with one attached hydrogen (secondary N) is 1. The molecule has 2 fully saturated rings. The number of amides is 2. The van der Waals surface area contributed by atoms with E-state index in [2.05, 4.69) is 5.48 Å². The van der Waals surface area contributed by atoms with Crippen LogP contribution in [0, 0.1) is 0 Å². The van der Waals surface area contributed by atoms with E-state index in [0.717, 1.165) is 25.7 Å². The van der Waals surface area contributed by atoms with Gasteiger partial charge >= 0.3 is 0 Å². The Morgan fingerprint density at radius 3 is 2.91 bits per heavy atom. The molecule has 3 heterocycles. The maximum Gasteiger partial charge on any atom is 0.290 e. The van der Waals surface area contributed by atoms with Crippen LogP contribution >= 0.6 is 0 Å². The van der Waals surface area contributed by atoms with Crippen LogP contribution in [0.1, 0.15) is 42.7 Å². The molecule has 2 aliphatic rings. The predicted octanol–water partition coefficient (Wildman–Crippen LogP) is 1.46. The first-order valence-electron chi connectivity index (χ1n) is 7.67. The van der Waals surface area contributed by atoms with Crippen LogP contribution in [0.2, 0.25) is 0 Å². The molecule has 0 spiro atoms. The number of hydrogen-bond acceptors (Lipinski definition) is 5. The van der Waals surface area contributed by atoms with Crippen LogP contribution in [0.15, 0.2) is 22.8 Å². The van der Waals surface area contributed by atoms with E-state index in [0.29, 0.717) is 19.6 Å². The van der Waals surface area contributed by atoms with Gasteiger partial charge in [-0.15, -0.1) is 0 Å². The Labute approximate surface area is 128 Å². The summed E-state index contributed by atoms with van der Waals surface area (Å²) in [5.41, 5.74) is 2.44. The normalized spacial score (nSPS) is 25.2. The summed E-state index contributed by atoms with van der Waals surface area (Å²) in [6.45, 7) is 1.19. The van der Waals surface area contributed by atoms with Gasteiger partial charge in [-0.1, -0.05) is 0 Å². The summed E-state index contributed by atoms with van der Waals surface area (Å²) in [4.78, 5) is 31.4. The SMILES string of the molecule is O=C(NOC1CCCCO1)C1CCCN1C(=O)c1ccco1. The zero-order valence-corrected chi connectivity index (χ0v) is 12.3. The molecule has 0 aliphatic carbocycles. The summed E-state index contributed by atoms with van der Waals surface area (Å²) in [7, 11) is 0. The van der Waals surface area contributed by atoms with Gasteiger partial charge in [0.15, 0.2) is 12.1 Å². The molecule has 0 radical (unpaired) electrons. The van der Waals surface area contributed by atoms with Crippen molar-refractivity contribution in [3.8, 4) is 0 Å². The summed E-state index contributed by atoms with van der Waals surface area (Å²) < 4.78 is 10.5. The second-order valence-corrected chi connectivity index (χ2v) is 5.51. The third-order valence-corrected chi connectivity index (χ3v) is 3.98. The molecule has 2 saturated heterocycles. The summed E-state index contributed by atoms with van der Waals surface area (Å²) in [5, 5.41) is 0. The van der Waals surface area contributed by atoms with Gasteiger partial charge in [0, 0.05) is 19.6 Å². The number of ether oxygens (including phenoxy) is 1. The zero-order chi connectivity index (χ0) is 15.4. The van der Waals surface area contributed by atoms with Crippen molar-refractivity contribution in [3.05, 3.63) is 24.2 Å². The van der Waals surface area contributed by atoms with E-state index in [9.17, 15) is 9.59 Å². The van der Waals surface area contributed by atoms with Crippen molar-refractivity contribution in [2.24, 2.45) is 0 Å². The molecule has 2 amide bonds. The smallest absolute Gasteiger partial charge is 0.290 e. The molecule has 0 aromatic carbocycles. The maximum atomic E-state index is 12.3. The molecule has 1 aromatic heterocycles. The van der Waals surface area contributed by atoms with Gasteiger partial charge in [0.25, 0.3) is 11.8 Å². The van der Waals surface area contributed by atoms with Gasteiger partial charge in [0.1, 0.15) is 6.04 Å². The van der Waals surface area contributed by atoms with Gasteiger partial charge in [0.05, 0.1) is 6.26 Å². The lowest BCUT2D eigenvalue weighted by atomic mass is 10.2. The van der Waals surface area contributed by atoms with Crippen LogP contribution in [0.4, 0.5) is 0 Å². The van der Waals surface area contributed by atoms with Crippen LogP contribution in [-0.2, 0) is 14.4 Å². The minimum absolute atomic E-state index is 0.247. The molecule has 7 nitrogen and oxygen atoms in total. The fourth-order valence-electron chi connectivity index (χ4n) is 2.82. The predicted molar refractivity (Wildman–Crippen MR) is 75.6 cm³/mol. The lowest BCUT2D eigenvalue weighted by molar-refractivity contribution is -0.201. The van der Waals surface area contributed by atoms with E-state index in [1.54, 1.807) is 12.1 Å². The molecule has 1 N–H and O–H groups in total. The first kappa shape index (κ1) is 15.1. The molecular weight excluding hydrogens is 288 g/mol. The van der Waals surface area contributed by atoms with E-state index in [-0.39, 0.29) is 17.6 Å². The highest BCUT2D eigenvalue weighted by Crippen LogP contribution is 2.21. The maximum absolute atomic E-state index is 12.3. The van der Waals surface area contributed by atoms with Crippen molar-refractivity contribution in [2.75, 3.05) is 13.2 Å². The van der Waals surface area contributed by atoms with E-state index < -0.39 is 12.3 Å². The van der Waals surface area contributed by atoms with E-state index in [1.165, 1.54) is 11.2 Å². The molecule has 1 aromatic rings. The van der Waals surface area contributed by atoms with Gasteiger partial charge in [-0.2, -0.15) is 0 Å². The zero-order valence-electron chi connectivity index (χ0n) is 12.3. The number of rotatable bonds is 4. The van der Waals surface area contributed by atoms with Gasteiger partial charge in [0.2, 0.25) is 0 Å². The first-order valence-corrected chi connectivity index (χ1v) is 7.67. The van der Waals surface area contributed by atoms with Crippen molar-refractivity contribution in [1.82, 2.24) is 10.4 Å². The number of carbonyl (C=O) groups is 2. The van der Waals surface area contributed by atoms with Crippen molar-refractivity contribution in [2.45, 2.75) is 44.4 Å². The standard InChI is InChI=1S/C15H20N2O5/c18-14(16-22-13-7-1-2-9-21-13)11-5-3-8-17(11)15(19)12-6-4-10-20-12/h4,6,10-11,13H,1-3,5,7-9H2,(H,16,18). The number of nitrogens with zero attached hydrogens (tertiary/aromatic N) is 1. The minimum atomic E-state index is -0.527. The van der Waals surface area contributed by atoms with Crippen molar-refractivity contribution < 1.29 is 23.6 Å². The average Bonchev–Trinajstić information content (AvgIpc) is 3.24. The monoisotopic (exact) mass is 308 g/mol. The van der Waals surface area contributed by atoms with E-state index >= 15 is 0 Å². The Bertz CT molecular complexity index is 510. The summed E-state index contributed by atoms with van der Waals surface area (Å²) in [6, 6.07) is 2.73. The molecular formula is C15H20N2O5. The Morgan fingerprint density at radius 2 is 2.18 bits per heavy atom. The highest BCUT2D eigenvalue weighted by atomic mass is 16.8. The van der Waals surface area contributed by atoms with Crippen LogP contribution in [-0.4, -0.2) is 42.2 Å². The third kappa shape index (κ3) is 3.31. The Kier molecular flexibility index (Phi) is 4.74. The highest BCUT2D eigenvalue weighted by Gasteiger charge is 2.36. The largest absolute Gasteiger partial charge is 0.459 e. The second-order valence-electron chi connectivity index (χ2n) is 5.51. The molecule has 22 heavy (non-hydrogen) atoms. The lowest BCUT2D eigenvalue weighted by Gasteiger charge is -2.25. The second kappa shape index (κ2) is 6.93. The van der Waals surface area contributed by atoms with Crippen molar-refractivity contribution >= 4 is 11.8 Å². The molecule has 2 aliphatic heterocycles. The minimum Gasteiger partial charge on any atom is -0.459 e. The number of likely N-dealkylation sites (tertiary alicyclic amines) is 1. The van der Waals surface area contributed by atoms with E-state index in [1.807, 2.05) is 0 Å². The fraction of sp³-hybridized carbons (Fsp3) is 0.600. The van der Waals surface area contributed by atoms with Crippen LogP contribution in [0.25, 0.3) is 0 Å². The van der Waals surface area contributed by atoms with Crippen molar-refractivity contribution in [1.29, 1.82) is 0 Å². The molecule has 0 saturated carbocycles. The average molecular weight is 308 g/mol. The number of hydroxylamine groups is 1. The molecule has 0 bridgehead atoms. The van der Waals surface area contributed by atoms with Gasteiger partial charge in [-0.25, -0.2) is 10.3 Å². The first-order chi connectivity index (χ1) is 10.8. The van der Waals surface area contributed by atoms with Gasteiger partial charge in [-0.05, 0) is 37.8 Å². The Morgan fingerprint density at radius 1 is 1.27 bits per heavy atom. The van der Waals surface area contributed by atoms with Crippen LogP contribution in [0.5, 0.6) is 0 Å². The molecule has 3 rings (SSSR count). The Hall–Kier alpha value is -1.86. The molecule has 2 unspecified atom stereocenters. The van der Waals surface area contributed by atoms with E-state index in [4.69, 9.17) is 14.0 Å². The number of furan rings is 1. The summed E-state index contributed by atoms with van der Waals surface area (Å²) >= 11 is 0. The topological polar surface area (TPSA) is 81.0 Å². The van der Waals surface area contributed by atoms with Crippen LogP contribution < -0.4 is 5.48 Å². The van der Waals surface area contributed by atoms with Crippen LogP contribution in [0.3, 0.4) is 0 Å². The Balaban J connectivity index is 1.55. The summed E-state index contributed by atoms with van der Waals surface area (Å²) in [5.74, 6) is -0.334. The number of carbonyl (C=O) groups excluding carboxylic acids is 2. The van der Waals surface area contributed by atoms with Crippen molar-refractivity contribution in [3.63, 3.8) is 0 Å². The third-order valence-electron chi connectivity index (χ3n) is 3.98. The quantitative estimate of drug-likeness (QED) is 0.852.